The summed E-state index contributed by atoms with van der Waals surface area (Å²) in [6.07, 6.45) is 2.20. The topological polar surface area (TPSA) is 78.7 Å². The van der Waals surface area contributed by atoms with E-state index < -0.39 is 5.82 Å². The number of halogens is 1. The molecule has 0 radical (unpaired) electrons. The maximum Gasteiger partial charge on any atom is 0.191 e. The minimum atomic E-state index is -0.409. The average molecular weight is 350 g/mol. The Hall–Kier alpha value is -2.17. The summed E-state index contributed by atoms with van der Waals surface area (Å²) in [5.74, 6) is 0.153. The van der Waals surface area contributed by atoms with Crippen molar-refractivity contribution in [2.24, 2.45) is 4.99 Å². The number of ether oxygens (including phenoxy) is 2. The van der Waals surface area contributed by atoms with Gasteiger partial charge in [0.05, 0.1) is 31.5 Å². The van der Waals surface area contributed by atoms with E-state index in [0.717, 1.165) is 19.4 Å². The smallest absolute Gasteiger partial charge is 0.191 e. The van der Waals surface area contributed by atoms with Crippen LogP contribution in [-0.2, 0) is 16.0 Å². The fraction of sp³-hybridized carbons (Fsp3) is 0.556. The van der Waals surface area contributed by atoms with Gasteiger partial charge in [-0.2, -0.15) is 5.26 Å². The number of unbranched alkanes of at least 4 members (excludes halogenated alkanes) is 1. The quantitative estimate of drug-likeness (QED) is 0.363. The molecule has 0 aliphatic carbocycles. The van der Waals surface area contributed by atoms with Gasteiger partial charge in [-0.25, -0.2) is 4.39 Å². The van der Waals surface area contributed by atoms with Gasteiger partial charge in [-0.1, -0.05) is 19.4 Å². The zero-order valence-electron chi connectivity index (χ0n) is 15.0. The van der Waals surface area contributed by atoms with Crippen LogP contribution in [0.3, 0.4) is 0 Å². The second-order valence-electron chi connectivity index (χ2n) is 5.35. The summed E-state index contributed by atoms with van der Waals surface area (Å²) in [6, 6.07) is 6.32. The first-order chi connectivity index (χ1) is 12.2. The summed E-state index contributed by atoms with van der Waals surface area (Å²) >= 11 is 0. The molecule has 0 spiro atoms. The summed E-state index contributed by atoms with van der Waals surface area (Å²) in [5.41, 5.74) is 0.780. The van der Waals surface area contributed by atoms with Crippen LogP contribution in [0.4, 0.5) is 4.39 Å². The number of benzene rings is 1. The highest BCUT2D eigenvalue weighted by atomic mass is 19.1. The third-order valence-corrected chi connectivity index (χ3v) is 3.41. The Bertz CT molecular complexity index is 573. The summed E-state index contributed by atoms with van der Waals surface area (Å²) in [7, 11) is 1.65. The van der Waals surface area contributed by atoms with Crippen molar-refractivity contribution in [3.8, 4) is 6.07 Å². The highest BCUT2D eigenvalue weighted by Crippen LogP contribution is 2.09. The molecule has 0 bridgehead atoms. The van der Waals surface area contributed by atoms with Gasteiger partial charge >= 0.3 is 0 Å². The second-order valence-corrected chi connectivity index (χ2v) is 5.35. The predicted molar refractivity (Wildman–Crippen MR) is 95.9 cm³/mol. The van der Waals surface area contributed by atoms with E-state index >= 15 is 0 Å². The third-order valence-electron chi connectivity index (χ3n) is 3.41. The minimum Gasteiger partial charge on any atom is -0.379 e. The monoisotopic (exact) mass is 350 g/mol. The van der Waals surface area contributed by atoms with Gasteiger partial charge in [0.1, 0.15) is 5.82 Å². The molecular formula is C18H27FN4O2. The fourth-order valence-electron chi connectivity index (χ4n) is 1.97. The highest BCUT2D eigenvalue weighted by Gasteiger charge is 2.05. The number of hydrogen-bond acceptors (Lipinski definition) is 4. The average Bonchev–Trinajstić information content (AvgIpc) is 2.63. The Kier molecular flexibility index (Phi) is 11.0. The molecule has 25 heavy (non-hydrogen) atoms. The number of aliphatic imine (C=N–C) groups is 1. The fourth-order valence-corrected chi connectivity index (χ4v) is 1.97. The normalized spacial score (nSPS) is 11.2. The Labute approximate surface area is 149 Å². The molecule has 0 aliphatic heterocycles. The van der Waals surface area contributed by atoms with E-state index in [-0.39, 0.29) is 6.54 Å². The zero-order valence-corrected chi connectivity index (χ0v) is 15.0. The van der Waals surface area contributed by atoms with Gasteiger partial charge in [0.25, 0.3) is 0 Å². The minimum absolute atomic E-state index is 0.281. The van der Waals surface area contributed by atoms with Gasteiger partial charge in [0, 0.05) is 32.3 Å². The summed E-state index contributed by atoms with van der Waals surface area (Å²) in [5, 5.41) is 14.9. The summed E-state index contributed by atoms with van der Waals surface area (Å²) in [6.45, 7) is 5.47. The van der Waals surface area contributed by atoms with Crippen molar-refractivity contribution in [1.82, 2.24) is 10.6 Å². The molecule has 0 amide bonds. The van der Waals surface area contributed by atoms with Crippen LogP contribution in [0, 0.1) is 17.1 Å². The Balaban J connectivity index is 2.18. The second kappa shape index (κ2) is 13.2. The van der Waals surface area contributed by atoms with Gasteiger partial charge in [0.15, 0.2) is 5.96 Å². The van der Waals surface area contributed by atoms with Crippen LogP contribution in [0.15, 0.2) is 23.2 Å². The van der Waals surface area contributed by atoms with E-state index in [1.807, 2.05) is 6.07 Å². The predicted octanol–water partition coefficient (Wildman–Crippen LogP) is 2.20. The van der Waals surface area contributed by atoms with Crippen LogP contribution in [0.2, 0.25) is 0 Å². The molecule has 0 atom stereocenters. The van der Waals surface area contributed by atoms with Crippen LogP contribution in [0.1, 0.15) is 30.9 Å². The number of nitrogens with zero attached hydrogens (tertiary/aromatic N) is 2. The maximum absolute atomic E-state index is 13.8. The molecule has 0 unspecified atom stereocenters. The molecule has 0 aromatic heterocycles. The van der Waals surface area contributed by atoms with E-state index in [2.05, 4.69) is 22.5 Å². The summed E-state index contributed by atoms with van der Waals surface area (Å²) < 4.78 is 24.7. The lowest BCUT2D eigenvalue weighted by atomic mass is 10.1. The van der Waals surface area contributed by atoms with Gasteiger partial charge in [-0.15, -0.1) is 0 Å². The van der Waals surface area contributed by atoms with E-state index in [1.165, 1.54) is 6.07 Å². The lowest BCUT2D eigenvalue weighted by molar-refractivity contribution is 0.0487. The van der Waals surface area contributed by atoms with Crippen LogP contribution in [0.5, 0.6) is 0 Å². The van der Waals surface area contributed by atoms with E-state index in [1.54, 1.807) is 19.2 Å². The first kappa shape index (κ1) is 20.9. The van der Waals surface area contributed by atoms with E-state index in [9.17, 15) is 4.39 Å². The SMILES string of the molecule is CCCCOCCOCCNC(=NC)NCc1ccc(C#N)cc1F. The van der Waals surface area contributed by atoms with Gasteiger partial charge in [-0.3, -0.25) is 4.99 Å². The molecule has 0 saturated heterocycles. The molecule has 2 N–H and O–H groups in total. The number of nitrogens with one attached hydrogen (secondary N) is 2. The molecule has 138 valence electrons. The summed E-state index contributed by atoms with van der Waals surface area (Å²) in [4.78, 5) is 4.07. The Morgan fingerprint density at radius 1 is 1.20 bits per heavy atom. The molecule has 0 aliphatic rings. The molecule has 0 saturated carbocycles. The van der Waals surface area contributed by atoms with E-state index in [0.29, 0.717) is 43.5 Å². The van der Waals surface area contributed by atoms with Crippen LogP contribution in [0.25, 0.3) is 0 Å². The van der Waals surface area contributed by atoms with Crippen molar-refractivity contribution in [3.63, 3.8) is 0 Å². The lowest BCUT2D eigenvalue weighted by Gasteiger charge is -2.12. The van der Waals surface area contributed by atoms with Crippen molar-refractivity contribution in [3.05, 3.63) is 35.1 Å². The molecule has 0 heterocycles. The first-order valence-electron chi connectivity index (χ1n) is 8.49. The third kappa shape index (κ3) is 9.03. The number of rotatable bonds is 11. The molecule has 1 rings (SSSR count). The molecule has 6 nitrogen and oxygen atoms in total. The van der Waals surface area contributed by atoms with Crippen molar-refractivity contribution in [2.45, 2.75) is 26.3 Å². The van der Waals surface area contributed by atoms with Crippen LogP contribution in [-0.4, -0.2) is 46.0 Å². The number of nitriles is 1. The largest absolute Gasteiger partial charge is 0.379 e. The number of hydrogen-bond donors (Lipinski definition) is 2. The van der Waals surface area contributed by atoms with Crippen molar-refractivity contribution < 1.29 is 13.9 Å². The zero-order chi connectivity index (χ0) is 18.3. The molecular weight excluding hydrogens is 323 g/mol. The Morgan fingerprint density at radius 2 is 1.96 bits per heavy atom. The van der Waals surface area contributed by atoms with E-state index in [4.69, 9.17) is 14.7 Å². The standard InChI is InChI=1S/C18H27FN4O2/c1-3-4-8-24-10-11-25-9-7-22-18(21-2)23-14-16-6-5-15(13-20)12-17(16)19/h5-6,12H,3-4,7-11,14H2,1-2H3,(H2,21,22,23). The molecule has 7 heteroatoms. The van der Waals surface area contributed by atoms with Gasteiger partial charge < -0.3 is 20.1 Å². The van der Waals surface area contributed by atoms with Crippen molar-refractivity contribution >= 4 is 5.96 Å². The number of guanidine groups is 1. The van der Waals surface area contributed by atoms with Crippen LogP contribution >= 0.6 is 0 Å². The molecule has 1 aromatic rings. The van der Waals surface area contributed by atoms with Crippen molar-refractivity contribution in [1.29, 1.82) is 5.26 Å². The highest BCUT2D eigenvalue weighted by molar-refractivity contribution is 5.79. The van der Waals surface area contributed by atoms with Crippen molar-refractivity contribution in [2.75, 3.05) is 40.0 Å². The lowest BCUT2D eigenvalue weighted by Crippen LogP contribution is -2.38. The maximum atomic E-state index is 13.8. The van der Waals surface area contributed by atoms with Gasteiger partial charge in [-0.05, 0) is 18.6 Å². The van der Waals surface area contributed by atoms with Gasteiger partial charge in [0.2, 0.25) is 0 Å². The van der Waals surface area contributed by atoms with Crippen LogP contribution < -0.4 is 10.6 Å². The Morgan fingerprint density at radius 3 is 2.60 bits per heavy atom. The molecule has 1 aromatic carbocycles. The first-order valence-corrected chi connectivity index (χ1v) is 8.49. The molecule has 0 fully saturated rings.